The molecule has 136 valence electrons. The summed E-state index contributed by atoms with van der Waals surface area (Å²) in [5, 5.41) is 0.724. The number of furan rings is 1. The maximum Gasteiger partial charge on any atom is 0.257 e. The first kappa shape index (κ1) is 17.2. The van der Waals surface area contributed by atoms with Crippen molar-refractivity contribution in [2.45, 2.75) is 25.7 Å². The van der Waals surface area contributed by atoms with Gasteiger partial charge in [0.05, 0.1) is 21.8 Å². The van der Waals surface area contributed by atoms with E-state index in [4.69, 9.17) is 16.0 Å². The first-order chi connectivity index (χ1) is 12.6. The van der Waals surface area contributed by atoms with E-state index in [1.807, 2.05) is 29.2 Å². The van der Waals surface area contributed by atoms with Crippen LogP contribution in [0, 0.1) is 0 Å². The molecule has 0 spiro atoms. The van der Waals surface area contributed by atoms with Crippen LogP contribution in [0.25, 0.3) is 0 Å². The molecule has 1 aromatic heterocycles. The molecule has 0 radical (unpaired) electrons. The van der Waals surface area contributed by atoms with E-state index >= 15 is 0 Å². The highest BCUT2D eigenvalue weighted by Crippen LogP contribution is 2.29. The zero-order valence-electron chi connectivity index (χ0n) is 14.5. The van der Waals surface area contributed by atoms with Gasteiger partial charge in [-0.2, -0.15) is 0 Å². The van der Waals surface area contributed by atoms with Crippen molar-refractivity contribution in [3.63, 3.8) is 0 Å². The van der Waals surface area contributed by atoms with Crippen molar-refractivity contribution in [3.05, 3.63) is 52.4 Å². The fraction of sp³-hybridized carbons (Fsp3) is 0.400. The van der Waals surface area contributed by atoms with Crippen LogP contribution >= 0.6 is 11.6 Å². The predicted molar refractivity (Wildman–Crippen MR) is 100 cm³/mol. The topological polar surface area (TPSA) is 53.8 Å². The average molecular weight is 373 g/mol. The van der Waals surface area contributed by atoms with Crippen LogP contribution in [0.4, 0.5) is 5.69 Å². The summed E-state index contributed by atoms with van der Waals surface area (Å²) in [4.78, 5) is 29.3. The number of nitrogens with zero attached hydrogens (tertiary/aromatic N) is 2. The number of carbonyl (C=O) groups is 2. The molecule has 0 bridgehead atoms. The highest BCUT2D eigenvalue weighted by molar-refractivity contribution is 6.33. The minimum Gasteiger partial charge on any atom is -0.468 e. The number of ketones is 1. The molecule has 26 heavy (non-hydrogen) atoms. The minimum absolute atomic E-state index is 0.0239. The Bertz CT molecular complexity index is 845. The molecule has 1 aliphatic heterocycles. The number of benzene rings is 1. The largest absolute Gasteiger partial charge is 0.468 e. The van der Waals surface area contributed by atoms with Gasteiger partial charge in [0.2, 0.25) is 0 Å². The van der Waals surface area contributed by atoms with Gasteiger partial charge in [-0.25, -0.2) is 0 Å². The number of halogens is 1. The van der Waals surface area contributed by atoms with Gasteiger partial charge >= 0.3 is 0 Å². The van der Waals surface area contributed by atoms with E-state index in [1.165, 1.54) is 6.26 Å². The number of fused-ring (bicyclic) bond motifs is 1. The van der Waals surface area contributed by atoms with Crippen molar-refractivity contribution < 1.29 is 14.0 Å². The summed E-state index contributed by atoms with van der Waals surface area (Å²) >= 11 is 6.31. The van der Waals surface area contributed by atoms with E-state index in [-0.39, 0.29) is 11.7 Å². The first-order valence-corrected chi connectivity index (χ1v) is 9.45. The Morgan fingerprint density at radius 2 is 1.88 bits per heavy atom. The molecule has 0 saturated carbocycles. The minimum atomic E-state index is -0.105. The third kappa shape index (κ3) is 3.12. The summed E-state index contributed by atoms with van der Waals surface area (Å²) in [7, 11) is 0. The summed E-state index contributed by atoms with van der Waals surface area (Å²) in [5.41, 5.74) is 1.93. The van der Waals surface area contributed by atoms with Gasteiger partial charge in [0.1, 0.15) is 12.0 Å². The SMILES string of the molecule is O=C1CCCc2occ(C(=O)N3CCCN(c4ccccc4Cl)CC3)c21. The van der Waals surface area contributed by atoms with Gasteiger partial charge in [0.15, 0.2) is 5.78 Å². The molecule has 2 heterocycles. The van der Waals surface area contributed by atoms with E-state index in [0.29, 0.717) is 42.9 Å². The smallest absolute Gasteiger partial charge is 0.257 e. The Balaban J connectivity index is 1.51. The second kappa shape index (κ2) is 7.16. The molecule has 4 rings (SSSR count). The maximum absolute atomic E-state index is 13.0. The number of rotatable bonds is 2. The molecular formula is C20H21ClN2O3. The molecule has 1 fully saturated rings. The molecule has 2 aromatic rings. The number of aryl methyl sites for hydroxylation is 1. The number of hydrogen-bond acceptors (Lipinski definition) is 4. The Kier molecular flexibility index (Phi) is 4.72. The van der Waals surface area contributed by atoms with Crippen molar-refractivity contribution in [1.29, 1.82) is 0 Å². The van der Waals surface area contributed by atoms with Crippen LogP contribution in [0.1, 0.15) is 45.7 Å². The molecule has 0 N–H and O–H groups in total. The Hall–Kier alpha value is -2.27. The standard InChI is InChI=1S/C20H21ClN2O3/c21-15-5-1-2-6-16(15)22-9-4-10-23(12-11-22)20(25)14-13-26-18-8-3-7-17(24)19(14)18/h1-2,5-6,13H,3-4,7-12H2. The van der Waals surface area contributed by atoms with Crippen molar-refractivity contribution in [3.8, 4) is 0 Å². The third-order valence-electron chi connectivity index (χ3n) is 5.16. The number of para-hydroxylation sites is 1. The molecule has 5 nitrogen and oxygen atoms in total. The lowest BCUT2D eigenvalue weighted by molar-refractivity contribution is 0.0760. The van der Waals surface area contributed by atoms with Crippen LogP contribution in [-0.4, -0.2) is 42.8 Å². The fourth-order valence-electron chi connectivity index (χ4n) is 3.82. The first-order valence-electron chi connectivity index (χ1n) is 9.07. The van der Waals surface area contributed by atoms with Crippen LogP contribution in [0.5, 0.6) is 0 Å². The van der Waals surface area contributed by atoms with Crippen molar-refractivity contribution in [1.82, 2.24) is 4.90 Å². The Labute approximate surface area is 157 Å². The predicted octanol–water partition coefficient (Wildman–Crippen LogP) is 3.80. The van der Waals surface area contributed by atoms with Gasteiger partial charge in [-0.3, -0.25) is 9.59 Å². The zero-order chi connectivity index (χ0) is 18.1. The highest BCUT2D eigenvalue weighted by Gasteiger charge is 2.30. The molecule has 1 saturated heterocycles. The van der Waals surface area contributed by atoms with Gasteiger partial charge < -0.3 is 14.2 Å². The average Bonchev–Trinajstić information content (AvgIpc) is 2.93. The van der Waals surface area contributed by atoms with Gasteiger partial charge in [0.25, 0.3) is 5.91 Å². The zero-order valence-corrected chi connectivity index (χ0v) is 15.3. The summed E-state index contributed by atoms with van der Waals surface area (Å²) in [6, 6.07) is 7.77. The molecule has 0 unspecified atom stereocenters. The molecule has 0 atom stereocenters. The molecule has 1 aliphatic carbocycles. The lowest BCUT2D eigenvalue weighted by Crippen LogP contribution is -2.36. The monoisotopic (exact) mass is 372 g/mol. The molecule has 2 aliphatic rings. The summed E-state index contributed by atoms with van der Waals surface area (Å²) in [6.45, 7) is 2.81. The lowest BCUT2D eigenvalue weighted by atomic mass is 9.94. The Morgan fingerprint density at radius 1 is 1.04 bits per heavy atom. The van der Waals surface area contributed by atoms with E-state index < -0.39 is 0 Å². The van der Waals surface area contributed by atoms with E-state index in [2.05, 4.69) is 4.90 Å². The van der Waals surface area contributed by atoms with Crippen molar-refractivity contribution in [2.24, 2.45) is 0 Å². The Morgan fingerprint density at radius 3 is 2.73 bits per heavy atom. The fourth-order valence-corrected chi connectivity index (χ4v) is 4.07. The van der Waals surface area contributed by atoms with Crippen LogP contribution in [0.3, 0.4) is 0 Å². The third-order valence-corrected chi connectivity index (χ3v) is 5.48. The number of amides is 1. The van der Waals surface area contributed by atoms with Gasteiger partial charge in [-0.15, -0.1) is 0 Å². The van der Waals surface area contributed by atoms with Crippen LogP contribution in [-0.2, 0) is 6.42 Å². The summed E-state index contributed by atoms with van der Waals surface area (Å²) in [5.74, 6) is 0.583. The second-order valence-electron chi connectivity index (χ2n) is 6.81. The highest BCUT2D eigenvalue weighted by atomic mass is 35.5. The second-order valence-corrected chi connectivity index (χ2v) is 7.22. The van der Waals surface area contributed by atoms with E-state index in [0.717, 1.165) is 36.5 Å². The van der Waals surface area contributed by atoms with Crippen molar-refractivity contribution in [2.75, 3.05) is 31.1 Å². The number of anilines is 1. The van der Waals surface area contributed by atoms with Crippen LogP contribution in [0.2, 0.25) is 5.02 Å². The quantitative estimate of drug-likeness (QED) is 0.804. The van der Waals surface area contributed by atoms with Crippen molar-refractivity contribution >= 4 is 29.0 Å². The van der Waals surface area contributed by atoms with Gasteiger partial charge in [-0.1, -0.05) is 23.7 Å². The number of carbonyl (C=O) groups excluding carboxylic acids is 2. The summed E-state index contributed by atoms with van der Waals surface area (Å²) < 4.78 is 5.51. The molecule has 1 aromatic carbocycles. The van der Waals surface area contributed by atoms with E-state index in [9.17, 15) is 9.59 Å². The maximum atomic E-state index is 13.0. The normalized spacial score (nSPS) is 17.8. The van der Waals surface area contributed by atoms with Crippen LogP contribution < -0.4 is 4.90 Å². The molecule has 6 heteroatoms. The number of Topliss-reactive ketones (excluding diaryl/α,β-unsaturated/α-hetero) is 1. The van der Waals surface area contributed by atoms with Crippen LogP contribution in [0.15, 0.2) is 34.9 Å². The lowest BCUT2D eigenvalue weighted by Gasteiger charge is -2.24. The van der Waals surface area contributed by atoms with Gasteiger partial charge in [0, 0.05) is 39.0 Å². The van der Waals surface area contributed by atoms with E-state index in [1.54, 1.807) is 0 Å². The molecule has 1 amide bonds. The summed E-state index contributed by atoms with van der Waals surface area (Å²) in [6.07, 6.45) is 4.34. The number of hydrogen-bond donors (Lipinski definition) is 0. The van der Waals surface area contributed by atoms with Gasteiger partial charge in [-0.05, 0) is 25.0 Å². The molecular weight excluding hydrogens is 352 g/mol.